The van der Waals surface area contributed by atoms with Crippen molar-refractivity contribution in [1.29, 1.82) is 0 Å². The van der Waals surface area contributed by atoms with Crippen molar-refractivity contribution in [3.8, 4) is 0 Å². The molecule has 0 radical (unpaired) electrons. The zero-order valence-corrected chi connectivity index (χ0v) is 8.57. The van der Waals surface area contributed by atoms with Crippen molar-refractivity contribution in [2.24, 2.45) is 0 Å². The number of rotatable bonds is 0. The van der Waals surface area contributed by atoms with Gasteiger partial charge in [0, 0.05) is 6.20 Å². The van der Waals surface area contributed by atoms with Crippen molar-refractivity contribution in [1.82, 2.24) is 14.6 Å². The van der Waals surface area contributed by atoms with Gasteiger partial charge in [-0.15, -0.1) is 10.2 Å². The zero-order valence-electron chi connectivity index (χ0n) is 8.57. The fourth-order valence-corrected chi connectivity index (χ4v) is 1.11. The zero-order chi connectivity index (χ0) is 9.84. The summed E-state index contributed by atoms with van der Waals surface area (Å²) in [6.45, 7) is 8.00. The fraction of sp³-hybridized carbons (Fsp3) is 0.400. The van der Waals surface area contributed by atoms with Crippen molar-refractivity contribution in [2.75, 3.05) is 0 Å². The van der Waals surface area contributed by atoms with E-state index in [2.05, 4.69) is 17.1 Å². The highest BCUT2D eigenvalue weighted by molar-refractivity contribution is 5.38. The Labute approximate surface area is 78.4 Å². The van der Waals surface area contributed by atoms with Crippen LogP contribution in [0.3, 0.4) is 0 Å². The van der Waals surface area contributed by atoms with Gasteiger partial charge in [-0.2, -0.15) is 0 Å². The van der Waals surface area contributed by atoms with Crippen LogP contribution in [0.2, 0.25) is 0 Å². The predicted octanol–water partition coefficient (Wildman–Crippen LogP) is 2.37. The number of nitrogens with zero attached hydrogens (tertiary/aromatic N) is 3. The summed E-state index contributed by atoms with van der Waals surface area (Å²) in [7, 11) is 0. The smallest absolute Gasteiger partial charge is 0.160 e. The largest absolute Gasteiger partial charge is 0.286 e. The second kappa shape index (κ2) is 4.03. The molecule has 0 atom stereocenters. The normalized spacial score (nSPS) is 9.54. The van der Waals surface area contributed by atoms with Gasteiger partial charge in [0.2, 0.25) is 0 Å². The molecular formula is C10H15N3. The summed E-state index contributed by atoms with van der Waals surface area (Å²) in [5.41, 5.74) is 2.13. The number of aromatic nitrogens is 3. The minimum Gasteiger partial charge on any atom is -0.286 e. The molecular weight excluding hydrogens is 162 g/mol. The Morgan fingerprint density at radius 2 is 1.77 bits per heavy atom. The third-order valence-electron chi connectivity index (χ3n) is 1.72. The van der Waals surface area contributed by atoms with Gasteiger partial charge in [0.15, 0.2) is 5.65 Å². The number of fused-ring (bicyclic) bond motifs is 1. The van der Waals surface area contributed by atoms with Gasteiger partial charge in [-0.3, -0.25) is 4.40 Å². The van der Waals surface area contributed by atoms with E-state index in [0.717, 1.165) is 11.5 Å². The van der Waals surface area contributed by atoms with E-state index < -0.39 is 0 Å². The molecule has 0 fully saturated rings. The van der Waals surface area contributed by atoms with E-state index in [0.29, 0.717) is 0 Å². The van der Waals surface area contributed by atoms with Gasteiger partial charge in [0.25, 0.3) is 0 Å². The molecule has 0 amide bonds. The van der Waals surface area contributed by atoms with Crippen LogP contribution in [0.5, 0.6) is 0 Å². The maximum Gasteiger partial charge on any atom is 0.160 e. The van der Waals surface area contributed by atoms with E-state index in [1.165, 1.54) is 5.56 Å². The van der Waals surface area contributed by atoms with Gasteiger partial charge in [-0.1, -0.05) is 19.9 Å². The number of hydrogen-bond donors (Lipinski definition) is 0. The van der Waals surface area contributed by atoms with Gasteiger partial charge < -0.3 is 0 Å². The molecule has 0 aliphatic heterocycles. The van der Waals surface area contributed by atoms with E-state index in [1.54, 1.807) is 0 Å². The first-order chi connectivity index (χ1) is 6.27. The third-order valence-corrected chi connectivity index (χ3v) is 1.72. The molecule has 0 saturated carbocycles. The average Bonchev–Trinajstić information content (AvgIpc) is 2.52. The molecule has 0 aromatic carbocycles. The van der Waals surface area contributed by atoms with Crippen LogP contribution >= 0.6 is 0 Å². The summed E-state index contributed by atoms with van der Waals surface area (Å²) in [6.07, 6.45) is 2.03. The molecule has 2 rings (SSSR count). The van der Waals surface area contributed by atoms with Crippen molar-refractivity contribution in [3.05, 3.63) is 29.7 Å². The molecule has 0 spiro atoms. The van der Waals surface area contributed by atoms with Gasteiger partial charge in [0.05, 0.1) is 0 Å². The molecule has 13 heavy (non-hydrogen) atoms. The minimum absolute atomic E-state index is 0.910. The molecule has 0 aliphatic rings. The van der Waals surface area contributed by atoms with Crippen LogP contribution in [0, 0.1) is 13.8 Å². The van der Waals surface area contributed by atoms with Crippen LogP contribution in [-0.2, 0) is 0 Å². The Kier molecular flexibility index (Phi) is 3.01. The summed E-state index contributed by atoms with van der Waals surface area (Å²) in [5.74, 6) is 0.934. The molecule has 2 aromatic heterocycles. The van der Waals surface area contributed by atoms with E-state index in [1.807, 2.05) is 43.5 Å². The second-order valence-electron chi connectivity index (χ2n) is 2.68. The Balaban J connectivity index is 0.000000396. The van der Waals surface area contributed by atoms with Crippen molar-refractivity contribution < 1.29 is 0 Å². The van der Waals surface area contributed by atoms with Crippen LogP contribution in [0.1, 0.15) is 25.2 Å². The van der Waals surface area contributed by atoms with Gasteiger partial charge >= 0.3 is 0 Å². The van der Waals surface area contributed by atoms with E-state index in [-0.39, 0.29) is 0 Å². The lowest BCUT2D eigenvalue weighted by Crippen LogP contribution is -1.87. The maximum absolute atomic E-state index is 3.97. The van der Waals surface area contributed by atoms with Crippen molar-refractivity contribution >= 4 is 5.65 Å². The number of hydrogen-bond acceptors (Lipinski definition) is 2. The number of pyridine rings is 1. The van der Waals surface area contributed by atoms with Gasteiger partial charge in [0.1, 0.15) is 5.82 Å². The molecule has 3 heteroatoms. The summed E-state index contributed by atoms with van der Waals surface area (Å²) in [4.78, 5) is 0. The third kappa shape index (κ3) is 1.86. The van der Waals surface area contributed by atoms with Gasteiger partial charge in [-0.25, -0.2) is 0 Å². The highest BCUT2D eigenvalue weighted by Gasteiger charge is 1.97. The first-order valence-electron chi connectivity index (χ1n) is 4.55. The fourth-order valence-electron chi connectivity index (χ4n) is 1.11. The Morgan fingerprint density at radius 3 is 2.46 bits per heavy atom. The molecule has 0 bridgehead atoms. The lowest BCUT2D eigenvalue weighted by atomic mass is 10.3. The molecule has 2 aromatic rings. The Morgan fingerprint density at radius 1 is 1.08 bits per heavy atom. The molecule has 0 unspecified atom stereocenters. The molecule has 0 saturated heterocycles. The summed E-state index contributed by atoms with van der Waals surface area (Å²) in [6, 6.07) is 4.00. The lowest BCUT2D eigenvalue weighted by molar-refractivity contribution is 1.00. The highest BCUT2D eigenvalue weighted by atomic mass is 15.2. The van der Waals surface area contributed by atoms with Gasteiger partial charge in [-0.05, 0) is 25.5 Å². The first kappa shape index (κ1) is 9.71. The highest BCUT2D eigenvalue weighted by Crippen LogP contribution is 2.04. The summed E-state index contributed by atoms with van der Waals surface area (Å²) in [5, 5.41) is 7.92. The molecule has 0 aliphatic carbocycles. The van der Waals surface area contributed by atoms with Crippen LogP contribution in [0.15, 0.2) is 18.3 Å². The first-order valence-corrected chi connectivity index (χ1v) is 4.55. The topological polar surface area (TPSA) is 30.2 Å². The SMILES string of the molecule is CC.Cc1ccc2nnc(C)n2c1. The minimum atomic E-state index is 0.910. The van der Waals surface area contributed by atoms with Crippen molar-refractivity contribution in [3.63, 3.8) is 0 Å². The molecule has 3 nitrogen and oxygen atoms in total. The standard InChI is InChI=1S/C8H9N3.C2H6/c1-6-3-4-8-10-9-7(2)11(8)5-6;1-2/h3-5H,1-2H3;1-2H3. The van der Waals surface area contributed by atoms with E-state index >= 15 is 0 Å². The predicted molar refractivity (Wildman–Crippen MR) is 53.8 cm³/mol. The van der Waals surface area contributed by atoms with Crippen molar-refractivity contribution in [2.45, 2.75) is 27.7 Å². The van der Waals surface area contributed by atoms with E-state index in [9.17, 15) is 0 Å². The summed E-state index contributed by atoms with van der Waals surface area (Å²) < 4.78 is 1.98. The summed E-state index contributed by atoms with van der Waals surface area (Å²) >= 11 is 0. The second-order valence-corrected chi connectivity index (χ2v) is 2.68. The van der Waals surface area contributed by atoms with Crippen LogP contribution in [0.4, 0.5) is 0 Å². The molecule has 2 heterocycles. The molecule has 0 N–H and O–H groups in total. The molecule has 70 valence electrons. The monoisotopic (exact) mass is 177 g/mol. The Bertz CT molecular complexity index is 390. The van der Waals surface area contributed by atoms with Crippen LogP contribution in [0.25, 0.3) is 5.65 Å². The number of aryl methyl sites for hydroxylation is 2. The van der Waals surface area contributed by atoms with E-state index in [4.69, 9.17) is 0 Å². The average molecular weight is 177 g/mol. The Hall–Kier alpha value is -1.38. The quantitative estimate of drug-likeness (QED) is 0.618. The van der Waals surface area contributed by atoms with Crippen LogP contribution < -0.4 is 0 Å². The van der Waals surface area contributed by atoms with Crippen LogP contribution in [-0.4, -0.2) is 14.6 Å². The lowest BCUT2D eigenvalue weighted by Gasteiger charge is -1.94. The maximum atomic E-state index is 3.97.